The molecule has 0 aliphatic heterocycles. The smallest absolute Gasteiger partial charge is 0.259 e. The number of hydrogen-bond donors (Lipinski definition) is 2. The van der Waals surface area contributed by atoms with Gasteiger partial charge in [0.25, 0.3) is 5.91 Å². The van der Waals surface area contributed by atoms with E-state index in [1.807, 2.05) is 37.3 Å². The Morgan fingerprint density at radius 3 is 2.58 bits per heavy atom. The molecule has 0 unspecified atom stereocenters. The van der Waals surface area contributed by atoms with Gasteiger partial charge in [-0.05, 0) is 41.7 Å². The van der Waals surface area contributed by atoms with E-state index in [1.165, 1.54) is 5.56 Å². The fraction of sp³-hybridized carbons (Fsp3) is 0.263. The lowest BCUT2D eigenvalue weighted by Gasteiger charge is -2.09. The molecule has 126 valence electrons. The Labute approximate surface area is 147 Å². The standard InChI is InChI=1S/C19H22ClN3O/c1-13(2)16-9-7-15(8-10-16)11-22-23-19(24)12-21-18-6-4-5-17(20)14(18)3/h4-11,13,21H,12H2,1-3H3,(H,23,24)/b22-11-. The summed E-state index contributed by atoms with van der Waals surface area (Å²) in [6, 6.07) is 13.6. The summed E-state index contributed by atoms with van der Waals surface area (Å²) >= 11 is 6.05. The highest BCUT2D eigenvalue weighted by atomic mass is 35.5. The highest BCUT2D eigenvalue weighted by Gasteiger charge is 2.04. The molecule has 0 saturated carbocycles. The molecule has 4 nitrogen and oxygen atoms in total. The van der Waals surface area contributed by atoms with Gasteiger partial charge in [-0.1, -0.05) is 55.8 Å². The number of carbonyl (C=O) groups excluding carboxylic acids is 1. The Morgan fingerprint density at radius 2 is 1.92 bits per heavy atom. The fourth-order valence-corrected chi connectivity index (χ4v) is 2.33. The quantitative estimate of drug-likeness (QED) is 0.605. The summed E-state index contributed by atoms with van der Waals surface area (Å²) in [4.78, 5) is 11.8. The van der Waals surface area contributed by atoms with Gasteiger partial charge in [-0.25, -0.2) is 5.43 Å². The molecular weight excluding hydrogens is 322 g/mol. The van der Waals surface area contributed by atoms with E-state index in [0.717, 1.165) is 16.8 Å². The van der Waals surface area contributed by atoms with Crippen LogP contribution >= 0.6 is 11.6 Å². The number of anilines is 1. The molecule has 0 aliphatic carbocycles. The Bertz CT molecular complexity index is 724. The van der Waals surface area contributed by atoms with Crippen LogP contribution in [0.2, 0.25) is 5.02 Å². The molecule has 1 amide bonds. The average molecular weight is 344 g/mol. The van der Waals surface area contributed by atoms with E-state index in [2.05, 4.69) is 41.8 Å². The molecule has 0 bridgehead atoms. The van der Waals surface area contributed by atoms with Crippen molar-refractivity contribution >= 4 is 29.4 Å². The average Bonchev–Trinajstić information content (AvgIpc) is 2.56. The molecule has 24 heavy (non-hydrogen) atoms. The van der Waals surface area contributed by atoms with Crippen LogP contribution in [0.3, 0.4) is 0 Å². The number of nitrogens with zero attached hydrogens (tertiary/aromatic N) is 1. The van der Waals surface area contributed by atoms with Gasteiger partial charge < -0.3 is 5.32 Å². The number of hydrogen-bond acceptors (Lipinski definition) is 3. The van der Waals surface area contributed by atoms with Gasteiger partial charge in [-0.15, -0.1) is 0 Å². The predicted molar refractivity (Wildman–Crippen MR) is 101 cm³/mol. The highest BCUT2D eigenvalue weighted by Crippen LogP contribution is 2.22. The Hall–Kier alpha value is -2.33. The molecule has 0 fully saturated rings. The summed E-state index contributed by atoms with van der Waals surface area (Å²) in [6.07, 6.45) is 1.63. The summed E-state index contributed by atoms with van der Waals surface area (Å²) in [6.45, 7) is 6.34. The van der Waals surface area contributed by atoms with Crippen LogP contribution < -0.4 is 10.7 Å². The maximum atomic E-state index is 11.8. The van der Waals surface area contributed by atoms with Gasteiger partial charge in [-0.3, -0.25) is 4.79 Å². The van der Waals surface area contributed by atoms with Crippen molar-refractivity contribution in [3.05, 3.63) is 64.2 Å². The molecule has 0 atom stereocenters. The van der Waals surface area contributed by atoms with Crippen molar-refractivity contribution in [3.63, 3.8) is 0 Å². The van der Waals surface area contributed by atoms with E-state index < -0.39 is 0 Å². The molecule has 0 radical (unpaired) electrons. The van der Waals surface area contributed by atoms with Crippen LogP contribution in [0.4, 0.5) is 5.69 Å². The Morgan fingerprint density at radius 1 is 1.21 bits per heavy atom. The monoisotopic (exact) mass is 343 g/mol. The number of nitrogens with one attached hydrogen (secondary N) is 2. The van der Waals surface area contributed by atoms with Crippen molar-refractivity contribution in [1.82, 2.24) is 5.43 Å². The van der Waals surface area contributed by atoms with Gasteiger partial charge in [0.05, 0.1) is 12.8 Å². The van der Waals surface area contributed by atoms with Crippen LogP contribution in [0, 0.1) is 6.92 Å². The molecule has 0 spiro atoms. The Balaban J connectivity index is 1.83. The predicted octanol–water partition coefficient (Wildman–Crippen LogP) is 4.33. The van der Waals surface area contributed by atoms with Crippen LogP contribution in [0.25, 0.3) is 0 Å². The number of halogens is 1. The minimum atomic E-state index is -0.218. The second-order valence-corrected chi connectivity index (χ2v) is 6.29. The van der Waals surface area contributed by atoms with E-state index in [9.17, 15) is 4.79 Å². The number of amides is 1. The van der Waals surface area contributed by atoms with Crippen LogP contribution in [-0.4, -0.2) is 18.7 Å². The molecule has 0 saturated heterocycles. The minimum absolute atomic E-state index is 0.130. The van der Waals surface area contributed by atoms with E-state index in [-0.39, 0.29) is 12.5 Å². The van der Waals surface area contributed by atoms with Gasteiger partial charge in [0.2, 0.25) is 0 Å². The topological polar surface area (TPSA) is 53.5 Å². The molecule has 2 rings (SSSR count). The lowest BCUT2D eigenvalue weighted by Crippen LogP contribution is -2.26. The van der Waals surface area contributed by atoms with E-state index in [1.54, 1.807) is 6.21 Å². The third-order valence-electron chi connectivity index (χ3n) is 3.71. The van der Waals surface area contributed by atoms with Crippen LogP contribution in [0.1, 0.15) is 36.5 Å². The first-order valence-electron chi connectivity index (χ1n) is 7.88. The largest absolute Gasteiger partial charge is 0.376 e. The SMILES string of the molecule is Cc1c(Cl)cccc1NCC(=O)N/N=C\c1ccc(C(C)C)cc1. The van der Waals surface area contributed by atoms with Crippen molar-refractivity contribution in [3.8, 4) is 0 Å². The van der Waals surface area contributed by atoms with Crippen LogP contribution in [-0.2, 0) is 4.79 Å². The summed E-state index contributed by atoms with van der Waals surface area (Å²) in [5.74, 6) is 0.279. The molecule has 0 aromatic heterocycles. The summed E-state index contributed by atoms with van der Waals surface area (Å²) < 4.78 is 0. The molecular formula is C19H22ClN3O. The van der Waals surface area contributed by atoms with Crippen LogP contribution in [0.5, 0.6) is 0 Å². The summed E-state index contributed by atoms with van der Waals surface area (Å²) in [5.41, 5.74) is 6.48. The second-order valence-electron chi connectivity index (χ2n) is 5.88. The van der Waals surface area contributed by atoms with Crippen molar-refractivity contribution in [2.75, 3.05) is 11.9 Å². The first-order chi connectivity index (χ1) is 11.5. The number of carbonyl (C=O) groups is 1. The minimum Gasteiger partial charge on any atom is -0.376 e. The van der Waals surface area contributed by atoms with Gasteiger partial charge in [0, 0.05) is 10.7 Å². The van der Waals surface area contributed by atoms with Crippen molar-refractivity contribution in [2.24, 2.45) is 5.10 Å². The zero-order chi connectivity index (χ0) is 17.5. The van der Waals surface area contributed by atoms with E-state index >= 15 is 0 Å². The lowest BCUT2D eigenvalue weighted by atomic mass is 10.0. The fourth-order valence-electron chi connectivity index (χ4n) is 2.16. The van der Waals surface area contributed by atoms with Gasteiger partial charge in [0.1, 0.15) is 0 Å². The third kappa shape index (κ3) is 5.10. The number of benzene rings is 2. The molecule has 2 aromatic carbocycles. The third-order valence-corrected chi connectivity index (χ3v) is 4.12. The summed E-state index contributed by atoms with van der Waals surface area (Å²) in [7, 11) is 0. The molecule has 2 N–H and O–H groups in total. The van der Waals surface area contributed by atoms with E-state index in [0.29, 0.717) is 10.9 Å². The van der Waals surface area contributed by atoms with Crippen molar-refractivity contribution in [2.45, 2.75) is 26.7 Å². The zero-order valence-electron chi connectivity index (χ0n) is 14.1. The molecule has 0 heterocycles. The van der Waals surface area contributed by atoms with Gasteiger partial charge in [0.15, 0.2) is 0 Å². The first-order valence-corrected chi connectivity index (χ1v) is 8.26. The second kappa shape index (κ2) is 8.50. The normalized spacial score (nSPS) is 11.0. The van der Waals surface area contributed by atoms with Gasteiger partial charge >= 0.3 is 0 Å². The summed E-state index contributed by atoms with van der Waals surface area (Å²) in [5, 5.41) is 7.70. The molecule has 0 aliphatic rings. The highest BCUT2D eigenvalue weighted by molar-refractivity contribution is 6.31. The number of rotatable bonds is 6. The first kappa shape index (κ1) is 18.0. The van der Waals surface area contributed by atoms with Crippen LogP contribution in [0.15, 0.2) is 47.6 Å². The number of hydrazone groups is 1. The maximum Gasteiger partial charge on any atom is 0.259 e. The molecule has 2 aromatic rings. The Kier molecular flexibility index (Phi) is 6.38. The zero-order valence-corrected chi connectivity index (χ0v) is 14.9. The van der Waals surface area contributed by atoms with Crippen molar-refractivity contribution < 1.29 is 4.79 Å². The van der Waals surface area contributed by atoms with E-state index in [4.69, 9.17) is 11.6 Å². The molecule has 5 heteroatoms. The maximum absolute atomic E-state index is 11.8. The van der Waals surface area contributed by atoms with Crippen molar-refractivity contribution in [1.29, 1.82) is 0 Å². The lowest BCUT2D eigenvalue weighted by molar-refractivity contribution is -0.119. The van der Waals surface area contributed by atoms with Gasteiger partial charge in [-0.2, -0.15) is 5.10 Å².